The van der Waals surface area contributed by atoms with Gasteiger partial charge < -0.3 is 10.8 Å². The number of hydrogen-bond acceptors (Lipinski definition) is 14. The summed E-state index contributed by atoms with van der Waals surface area (Å²) in [5.41, 5.74) is 5.47. The van der Waals surface area contributed by atoms with Gasteiger partial charge in [-0.3, -0.25) is 9.11 Å². The molecule has 0 radical (unpaired) electrons. The number of nitrogens with two attached hydrogens (primary N) is 1. The third kappa shape index (κ3) is 7.02. The van der Waals surface area contributed by atoms with Gasteiger partial charge in [-0.05, 0) is 72.1 Å². The molecule has 0 saturated heterocycles. The van der Waals surface area contributed by atoms with E-state index in [4.69, 9.17) is 10.3 Å². The number of phenolic OH excluding ortho intramolecular Hbond substituents is 1. The second-order valence-corrected chi connectivity index (χ2v) is 17.2. The number of rotatable bonds is 8. The number of anilines is 1. The molecule has 0 saturated carbocycles. The highest BCUT2D eigenvalue weighted by Crippen LogP contribution is 2.44. The highest BCUT2D eigenvalue weighted by atomic mass is 32.2. The molecule has 0 atom stereocenters. The smallest absolute Gasteiger partial charge is 0.294 e. The van der Waals surface area contributed by atoms with Gasteiger partial charge in [-0.25, -0.2) is 16.8 Å². The van der Waals surface area contributed by atoms with E-state index in [0.29, 0.717) is 0 Å². The minimum Gasteiger partial charge on any atom is -0.505 e. The zero-order valence-electron chi connectivity index (χ0n) is 24.5. The molecule has 16 nitrogen and oxygen atoms in total. The van der Waals surface area contributed by atoms with Gasteiger partial charge in [-0.15, -0.1) is 15.3 Å². The van der Waals surface area contributed by atoms with Crippen LogP contribution in [0.1, 0.15) is 0 Å². The summed E-state index contributed by atoms with van der Waals surface area (Å²) in [6.07, 6.45) is 1.75. The van der Waals surface area contributed by atoms with E-state index in [9.17, 15) is 43.3 Å². The Bertz CT molecular complexity index is 2680. The molecular weight excluding hydrogens is 711 g/mol. The largest absolute Gasteiger partial charge is 0.505 e. The molecule has 5 rings (SSSR count). The molecule has 0 amide bonds. The quantitative estimate of drug-likeness (QED) is 0.0885. The Hall–Kier alpha value is -4.86. The summed E-state index contributed by atoms with van der Waals surface area (Å²) in [6, 6.07) is 14.3. The van der Waals surface area contributed by atoms with Crippen molar-refractivity contribution in [2.45, 2.75) is 19.6 Å². The van der Waals surface area contributed by atoms with Crippen LogP contribution in [-0.2, 0) is 39.9 Å². The molecule has 0 fully saturated rings. The van der Waals surface area contributed by atoms with Gasteiger partial charge >= 0.3 is 0 Å². The molecule has 0 aromatic heterocycles. The standard InChI is InChI=1S/C28H23N5O11S4/c1-45(35,36)25-11-15-12-26(46(2,37)38)27(28(34)20(15)14-22(25)29)33-32-24-10-9-23(19-8-7-18(13-21(19)24)48(42,43)44)31-30-16-3-5-17(6-4-16)47(39,40)41/h3-14,34H,29H2,1-2H3,(H,39,40,41)(H,42,43,44). The predicted octanol–water partition coefficient (Wildman–Crippen LogP) is 5.41. The van der Waals surface area contributed by atoms with E-state index < -0.39 is 61.1 Å². The van der Waals surface area contributed by atoms with Gasteiger partial charge in [0.05, 0.1) is 42.3 Å². The molecule has 5 aromatic rings. The number of hydrogen-bond donors (Lipinski definition) is 4. The molecule has 0 aliphatic rings. The van der Waals surface area contributed by atoms with Crippen molar-refractivity contribution < 1.29 is 47.9 Å². The van der Waals surface area contributed by atoms with Gasteiger partial charge in [0.1, 0.15) is 5.69 Å². The fourth-order valence-electron chi connectivity index (χ4n) is 4.62. The van der Waals surface area contributed by atoms with Crippen molar-refractivity contribution in [3.8, 4) is 5.75 Å². The monoisotopic (exact) mass is 733 g/mol. The van der Waals surface area contributed by atoms with Gasteiger partial charge in [-0.2, -0.15) is 21.9 Å². The summed E-state index contributed by atoms with van der Waals surface area (Å²) < 4.78 is 115. The Morgan fingerprint density at radius 1 is 0.562 bits per heavy atom. The highest BCUT2D eigenvalue weighted by molar-refractivity contribution is 7.91. The average Bonchev–Trinajstić information content (AvgIpc) is 2.97. The molecule has 0 heterocycles. The van der Waals surface area contributed by atoms with Crippen LogP contribution in [0.2, 0.25) is 0 Å². The average molecular weight is 734 g/mol. The van der Waals surface area contributed by atoms with Crippen LogP contribution < -0.4 is 5.73 Å². The Morgan fingerprint density at radius 2 is 1.08 bits per heavy atom. The van der Waals surface area contributed by atoms with Crippen LogP contribution in [0.3, 0.4) is 0 Å². The van der Waals surface area contributed by atoms with Crippen molar-refractivity contribution in [1.82, 2.24) is 0 Å². The molecule has 0 unspecified atom stereocenters. The first-order valence-corrected chi connectivity index (χ1v) is 19.8. The van der Waals surface area contributed by atoms with E-state index in [1.807, 2.05) is 0 Å². The minimum absolute atomic E-state index is 0.0276. The number of fused-ring (bicyclic) bond motifs is 2. The lowest BCUT2D eigenvalue weighted by atomic mass is 10.1. The molecule has 5 N–H and O–H groups in total. The van der Waals surface area contributed by atoms with E-state index >= 15 is 0 Å². The summed E-state index contributed by atoms with van der Waals surface area (Å²) in [6.45, 7) is 0. The zero-order chi connectivity index (χ0) is 35.4. The third-order valence-electron chi connectivity index (χ3n) is 6.89. The Morgan fingerprint density at radius 3 is 1.65 bits per heavy atom. The van der Waals surface area contributed by atoms with Gasteiger partial charge in [0.15, 0.2) is 25.4 Å². The van der Waals surface area contributed by atoms with E-state index in [2.05, 4.69) is 20.5 Å². The maximum atomic E-state index is 12.8. The number of aromatic hydroxyl groups is 1. The third-order valence-corrected chi connectivity index (χ3v) is 10.9. The maximum Gasteiger partial charge on any atom is 0.294 e. The molecule has 250 valence electrons. The molecule has 20 heteroatoms. The summed E-state index contributed by atoms with van der Waals surface area (Å²) in [5, 5.41) is 27.7. The predicted molar refractivity (Wildman–Crippen MR) is 175 cm³/mol. The number of sulfone groups is 2. The van der Waals surface area contributed by atoms with E-state index in [-0.39, 0.29) is 54.1 Å². The van der Waals surface area contributed by atoms with Crippen LogP contribution in [0.4, 0.5) is 28.4 Å². The van der Waals surface area contributed by atoms with Crippen LogP contribution in [0.25, 0.3) is 21.5 Å². The van der Waals surface area contributed by atoms with Crippen molar-refractivity contribution in [2.75, 3.05) is 18.2 Å². The molecular formula is C28H23N5O11S4. The molecule has 0 spiro atoms. The molecule has 0 bridgehead atoms. The van der Waals surface area contributed by atoms with Crippen molar-refractivity contribution >= 4 is 89.9 Å². The van der Waals surface area contributed by atoms with Crippen LogP contribution in [-0.4, -0.2) is 60.4 Å². The summed E-state index contributed by atoms with van der Waals surface area (Å²) in [7, 11) is -17.1. The molecule has 48 heavy (non-hydrogen) atoms. The van der Waals surface area contributed by atoms with Gasteiger partial charge in [-0.1, -0.05) is 6.07 Å². The highest BCUT2D eigenvalue weighted by Gasteiger charge is 2.23. The summed E-state index contributed by atoms with van der Waals surface area (Å²) >= 11 is 0. The van der Waals surface area contributed by atoms with E-state index in [0.717, 1.165) is 55.0 Å². The molecule has 5 aromatic carbocycles. The van der Waals surface area contributed by atoms with Crippen molar-refractivity contribution in [2.24, 2.45) is 20.5 Å². The van der Waals surface area contributed by atoms with Gasteiger partial charge in [0, 0.05) is 28.7 Å². The normalized spacial score (nSPS) is 13.2. The Kier molecular flexibility index (Phi) is 8.61. The second-order valence-electron chi connectivity index (χ2n) is 10.4. The first-order chi connectivity index (χ1) is 22.1. The number of benzene rings is 5. The fraction of sp³-hybridized carbons (Fsp3) is 0.0714. The molecule has 0 aliphatic heterocycles. The van der Waals surface area contributed by atoms with Crippen LogP contribution in [0, 0.1) is 0 Å². The fourth-order valence-corrected chi connectivity index (χ4v) is 7.27. The van der Waals surface area contributed by atoms with Crippen molar-refractivity contribution in [3.05, 3.63) is 72.8 Å². The van der Waals surface area contributed by atoms with Crippen LogP contribution >= 0.6 is 0 Å². The summed E-state index contributed by atoms with van der Waals surface area (Å²) in [4.78, 5) is -1.67. The number of azo groups is 2. The first kappa shape index (κ1) is 34.5. The SMILES string of the molecule is CS(=O)(=O)c1cc2cc(S(C)(=O)=O)c(N=Nc3ccc(N=Nc4ccc(S(=O)(=O)O)cc4)c4ccc(S(=O)(=O)O)cc34)c(O)c2cc1N. The Labute approximate surface area is 273 Å². The Balaban J connectivity index is 1.68. The lowest BCUT2D eigenvalue weighted by Gasteiger charge is -2.12. The van der Waals surface area contributed by atoms with E-state index in [1.54, 1.807) is 0 Å². The van der Waals surface area contributed by atoms with Crippen molar-refractivity contribution in [1.29, 1.82) is 0 Å². The van der Waals surface area contributed by atoms with Crippen LogP contribution in [0.15, 0.2) is 113 Å². The molecule has 0 aliphatic carbocycles. The summed E-state index contributed by atoms with van der Waals surface area (Å²) in [5.74, 6) is -0.684. The van der Waals surface area contributed by atoms with Gasteiger partial charge in [0.2, 0.25) is 0 Å². The zero-order valence-corrected chi connectivity index (χ0v) is 27.8. The van der Waals surface area contributed by atoms with Crippen LogP contribution in [0.5, 0.6) is 5.75 Å². The van der Waals surface area contributed by atoms with E-state index in [1.165, 1.54) is 30.3 Å². The number of nitrogens with zero attached hydrogens (tertiary/aromatic N) is 4. The number of nitrogen functional groups attached to an aromatic ring is 1. The second kappa shape index (κ2) is 12.0. The topological polar surface area (TPSA) is 273 Å². The lowest BCUT2D eigenvalue weighted by molar-refractivity contribution is 0.480. The minimum atomic E-state index is -4.71. The maximum absolute atomic E-state index is 12.8. The lowest BCUT2D eigenvalue weighted by Crippen LogP contribution is -2.03. The first-order valence-electron chi connectivity index (χ1n) is 13.1. The van der Waals surface area contributed by atoms with Gasteiger partial charge in [0.25, 0.3) is 20.2 Å². The number of phenols is 1. The van der Waals surface area contributed by atoms with Crippen molar-refractivity contribution in [3.63, 3.8) is 0 Å².